The van der Waals surface area contributed by atoms with Gasteiger partial charge in [-0.1, -0.05) is 53.0 Å². The third-order valence-electron chi connectivity index (χ3n) is 3.38. The van der Waals surface area contributed by atoms with E-state index in [1.807, 2.05) is 37.0 Å². The van der Waals surface area contributed by atoms with Gasteiger partial charge >= 0.3 is 0 Å². The molecule has 1 N–H and O–H groups in total. The third kappa shape index (κ3) is 4.93. The van der Waals surface area contributed by atoms with E-state index in [9.17, 15) is 0 Å². The second-order valence-corrected chi connectivity index (χ2v) is 6.91. The summed E-state index contributed by atoms with van der Waals surface area (Å²) < 4.78 is 0. The fourth-order valence-electron chi connectivity index (χ4n) is 2.05. The van der Waals surface area contributed by atoms with Gasteiger partial charge in [-0.15, -0.1) is 11.8 Å². The largest absolute Gasteiger partial charge is 0.316 e. The maximum absolute atomic E-state index is 6.26. The lowest BCUT2D eigenvalue weighted by atomic mass is 10.1. The number of hydrogen-bond acceptors (Lipinski definition) is 2. The molecular weight excluding hydrogens is 321 g/mol. The van der Waals surface area contributed by atoms with Gasteiger partial charge in [-0.25, -0.2) is 0 Å². The summed E-state index contributed by atoms with van der Waals surface area (Å²) >= 11 is 14.2. The SMILES string of the molecule is CNC(CSc1ccc(C)cc1)Cc1cccc(Cl)c1Cl. The first kappa shape index (κ1) is 16.7. The monoisotopic (exact) mass is 339 g/mol. The van der Waals surface area contributed by atoms with Crippen LogP contribution in [0.3, 0.4) is 0 Å². The predicted molar refractivity (Wildman–Crippen MR) is 94.9 cm³/mol. The van der Waals surface area contributed by atoms with E-state index < -0.39 is 0 Å². The van der Waals surface area contributed by atoms with Gasteiger partial charge in [0.1, 0.15) is 0 Å². The zero-order valence-corrected chi connectivity index (χ0v) is 14.5. The molecule has 0 bridgehead atoms. The summed E-state index contributed by atoms with van der Waals surface area (Å²) in [6.45, 7) is 2.10. The van der Waals surface area contributed by atoms with Crippen molar-refractivity contribution in [2.45, 2.75) is 24.3 Å². The number of hydrogen-bond donors (Lipinski definition) is 1. The van der Waals surface area contributed by atoms with E-state index in [0.29, 0.717) is 16.1 Å². The van der Waals surface area contributed by atoms with E-state index in [1.54, 1.807) is 0 Å². The van der Waals surface area contributed by atoms with Crippen molar-refractivity contribution in [3.05, 3.63) is 63.6 Å². The highest BCUT2D eigenvalue weighted by Crippen LogP contribution is 2.27. The first-order valence-electron chi connectivity index (χ1n) is 6.89. The lowest BCUT2D eigenvalue weighted by Gasteiger charge is -2.17. The quantitative estimate of drug-likeness (QED) is 0.723. The molecular formula is C17H19Cl2NS. The minimum Gasteiger partial charge on any atom is -0.316 e. The summed E-state index contributed by atoms with van der Waals surface area (Å²) in [5.74, 6) is 0.988. The first-order valence-corrected chi connectivity index (χ1v) is 8.64. The number of rotatable bonds is 6. The highest BCUT2D eigenvalue weighted by Gasteiger charge is 2.12. The molecule has 0 amide bonds. The number of halogens is 2. The van der Waals surface area contributed by atoms with Crippen LogP contribution in [0.2, 0.25) is 10.0 Å². The average Bonchev–Trinajstić information content (AvgIpc) is 2.49. The molecule has 2 aromatic rings. The lowest BCUT2D eigenvalue weighted by molar-refractivity contribution is 0.617. The molecule has 0 aliphatic carbocycles. The standard InChI is InChI=1S/C17H19Cl2NS/c1-12-6-8-15(9-7-12)21-11-14(20-2)10-13-4-3-5-16(18)17(13)19/h3-9,14,20H,10-11H2,1-2H3. The predicted octanol–water partition coefficient (Wildman–Crippen LogP) is 5.22. The zero-order valence-electron chi connectivity index (χ0n) is 12.2. The number of thioether (sulfide) groups is 1. The second kappa shape index (κ2) is 8.09. The highest BCUT2D eigenvalue weighted by atomic mass is 35.5. The molecule has 21 heavy (non-hydrogen) atoms. The Labute approximate surface area is 141 Å². The number of aryl methyl sites for hydroxylation is 1. The second-order valence-electron chi connectivity index (χ2n) is 5.03. The van der Waals surface area contributed by atoms with E-state index in [2.05, 4.69) is 36.5 Å². The topological polar surface area (TPSA) is 12.0 Å². The Morgan fingerprint density at radius 3 is 2.48 bits per heavy atom. The molecule has 0 saturated heterocycles. The van der Waals surface area contributed by atoms with E-state index in [-0.39, 0.29) is 0 Å². The molecule has 0 aromatic heterocycles. The normalized spacial score (nSPS) is 12.4. The van der Waals surface area contributed by atoms with Gasteiger partial charge in [0, 0.05) is 16.7 Å². The van der Waals surface area contributed by atoms with Crippen molar-refractivity contribution in [2.75, 3.05) is 12.8 Å². The van der Waals surface area contributed by atoms with Crippen molar-refractivity contribution in [3.8, 4) is 0 Å². The molecule has 0 aliphatic heterocycles. The van der Waals surface area contributed by atoms with Gasteiger partial charge in [-0.2, -0.15) is 0 Å². The fourth-order valence-corrected chi connectivity index (χ4v) is 3.45. The molecule has 1 unspecified atom stereocenters. The van der Waals surface area contributed by atoms with Gasteiger partial charge in [-0.3, -0.25) is 0 Å². The molecule has 0 heterocycles. The minimum absolute atomic E-state index is 0.354. The van der Waals surface area contributed by atoms with Crippen molar-refractivity contribution in [1.82, 2.24) is 5.32 Å². The van der Waals surface area contributed by atoms with Crippen LogP contribution in [0, 0.1) is 6.92 Å². The molecule has 112 valence electrons. The maximum Gasteiger partial charge on any atom is 0.0624 e. The molecule has 2 rings (SSSR count). The Balaban J connectivity index is 1.97. The van der Waals surface area contributed by atoms with Gasteiger partial charge in [0.05, 0.1) is 10.0 Å². The average molecular weight is 340 g/mol. The number of nitrogens with one attached hydrogen (secondary N) is 1. The summed E-state index contributed by atoms with van der Waals surface area (Å²) in [5.41, 5.74) is 2.38. The van der Waals surface area contributed by atoms with E-state index in [1.165, 1.54) is 10.5 Å². The summed E-state index contributed by atoms with van der Waals surface area (Å²) in [4.78, 5) is 1.29. The highest BCUT2D eigenvalue weighted by molar-refractivity contribution is 7.99. The van der Waals surface area contributed by atoms with Gasteiger partial charge < -0.3 is 5.32 Å². The van der Waals surface area contributed by atoms with E-state index in [4.69, 9.17) is 23.2 Å². The van der Waals surface area contributed by atoms with Crippen LogP contribution in [-0.2, 0) is 6.42 Å². The van der Waals surface area contributed by atoms with Crippen LogP contribution >= 0.6 is 35.0 Å². The molecule has 1 atom stereocenters. The Kier molecular flexibility index (Phi) is 6.43. The minimum atomic E-state index is 0.354. The van der Waals surface area contributed by atoms with Crippen LogP contribution < -0.4 is 5.32 Å². The summed E-state index contributed by atoms with van der Waals surface area (Å²) in [6, 6.07) is 14.8. The van der Waals surface area contributed by atoms with E-state index in [0.717, 1.165) is 17.7 Å². The van der Waals surface area contributed by atoms with Crippen molar-refractivity contribution in [1.29, 1.82) is 0 Å². The summed E-state index contributed by atoms with van der Waals surface area (Å²) in [5, 5.41) is 4.64. The van der Waals surface area contributed by atoms with Crippen molar-refractivity contribution >= 4 is 35.0 Å². The molecule has 1 nitrogen and oxygen atoms in total. The molecule has 0 fully saturated rings. The Hall–Kier alpha value is -0.670. The molecule has 0 spiro atoms. The van der Waals surface area contributed by atoms with Crippen molar-refractivity contribution in [2.24, 2.45) is 0 Å². The smallest absolute Gasteiger partial charge is 0.0624 e. The summed E-state index contributed by atoms with van der Waals surface area (Å²) in [6.07, 6.45) is 0.870. The van der Waals surface area contributed by atoms with Gasteiger partial charge in [-0.05, 0) is 44.2 Å². The van der Waals surface area contributed by atoms with Crippen LogP contribution in [0.5, 0.6) is 0 Å². The van der Waals surface area contributed by atoms with Crippen LogP contribution in [0.25, 0.3) is 0 Å². The zero-order chi connectivity index (χ0) is 15.2. The molecule has 0 radical (unpaired) electrons. The fraction of sp³-hybridized carbons (Fsp3) is 0.294. The third-order valence-corrected chi connectivity index (χ3v) is 5.41. The van der Waals surface area contributed by atoms with Crippen molar-refractivity contribution < 1.29 is 0 Å². The maximum atomic E-state index is 6.26. The molecule has 0 saturated carbocycles. The van der Waals surface area contributed by atoms with Crippen LogP contribution in [0.4, 0.5) is 0 Å². The van der Waals surface area contributed by atoms with Gasteiger partial charge in [0.2, 0.25) is 0 Å². The Morgan fingerprint density at radius 1 is 1.10 bits per heavy atom. The summed E-state index contributed by atoms with van der Waals surface area (Å²) in [7, 11) is 1.98. The Bertz CT molecular complexity index is 584. The van der Waals surface area contributed by atoms with Gasteiger partial charge in [0.25, 0.3) is 0 Å². The van der Waals surface area contributed by atoms with Crippen molar-refractivity contribution in [3.63, 3.8) is 0 Å². The number of likely N-dealkylation sites (N-methyl/N-ethyl adjacent to an activating group) is 1. The molecule has 0 aliphatic rings. The Morgan fingerprint density at radius 2 is 1.81 bits per heavy atom. The van der Waals surface area contributed by atoms with Crippen LogP contribution in [-0.4, -0.2) is 18.8 Å². The first-order chi connectivity index (χ1) is 10.1. The molecule has 2 aromatic carbocycles. The van der Waals surface area contributed by atoms with Crippen LogP contribution in [0.15, 0.2) is 47.4 Å². The lowest BCUT2D eigenvalue weighted by Crippen LogP contribution is -2.30. The van der Waals surface area contributed by atoms with Crippen LogP contribution in [0.1, 0.15) is 11.1 Å². The number of benzene rings is 2. The van der Waals surface area contributed by atoms with Gasteiger partial charge in [0.15, 0.2) is 0 Å². The van der Waals surface area contributed by atoms with E-state index >= 15 is 0 Å². The molecule has 4 heteroatoms.